The highest BCUT2D eigenvalue weighted by Crippen LogP contribution is 2.26. The number of carbonyl (C=O) groups excluding carboxylic acids is 4. The first kappa shape index (κ1) is 35.0. The molecule has 2 unspecified atom stereocenters. The third-order valence-electron chi connectivity index (χ3n) is 6.17. The molecule has 2 aromatic rings. The minimum Gasteiger partial charge on any atom is -0.485 e. The van der Waals surface area contributed by atoms with Crippen molar-refractivity contribution in [2.24, 2.45) is 5.92 Å². The quantitative estimate of drug-likeness (QED) is 0.111. The van der Waals surface area contributed by atoms with Crippen LogP contribution < -0.4 is 20.7 Å². The Balaban J connectivity index is 2.16. The first-order valence-corrected chi connectivity index (χ1v) is 13.5. The number of anilines is 1. The van der Waals surface area contributed by atoms with Gasteiger partial charge >= 0.3 is 17.8 Å². The topological polar surface area (TPSA) is 143 Å². The smallest absolute Gasteiger partial charge is 0.313 e. The van der Waals surface area contributed by atoms with E-state index in [1.165, 1.54) is 0 Å². The third-order valence-corrected chi connectivity index (χ3v) is 6.17. The van der Waals surface area contributed by atoms with Crippen molar-refractivity contribution in [3.05, 3.63) is 59.2 Å². The molecular weight excluding hydrogens is 578 g/mol. The Kier molecular flexibility index (Phi) is 13.4. The van der Waals surface area contributed by atoms with Gasteiger partial charge < -0.3 is 30.5 Å². The van der Waals surface area contributed by atoms with Crippen molar-refractivity contribution in [3.63, 3.8) is 0 Å². The van der Waals surface area contributed by atoms with Crippen molar-refractivity contribution in [2.45, 2.75) is 65.1 Å². The van der Waals surface area contributed by atoms with Crippen LogP contribution in [-0.4, -0.2) is 60.2 Å². The summed E-state index contributed by atoms with van der Waals surface area (Å²) in [5.41, 5.74) is 1.27. The molecule has 0 spiro atoms. The molecule has 2 rings (SSSR count). The van der Waals surface area contributed by atoms with Crippen molar-refractivity contribution in [1.82, 2.24) is 10.6 Å². The number of aliphatic hydroxyl groups excluding tert-OH is 1. The number of unbranched alkanes of at least 4 members (excludes halogenated alkanes) is 1. The monoisotopic (exact) mass is 613 g/mol. The van der Waals surface area contributed by atoms with Gasteiger partial charge in [0.05, 0.1) is 6.04 Å². The highest BCUT2D eigenvalue weighted by Gasteiger charge is 2.32. The molecule has 0 aliphatic heterocycles. The highest BCUT2D eigenvalue weighted by atomic mass is 19.2. The van der Waals surface area contributed by atoms with Crippen molar-refractivity contribution < 1.29 is 51.3 Å². The van der Waals surface area contributed by atoms with Crippen LogP contribution in [-0.2, 0) is 23.9 Å². The van der Waals surface area contributed by atoms with E-state index in [9.17, 15) is 41.8 Å². The predicted octanol–water partition coefficient (Wildman–Crippen LogP) is 3.29. The summed E-state index contributed by atoms with van der Waals surface area (Å²) in [5.74, 6) is -12.9. The van der Waals surface area contributed by atoms with Crippen LogP contribution in [0.2, 0.25) is 0 Å². The summed E-state index contributed by atoms with van der Waals surface area (Å²) in [6.07, 6.45) is -0.623. The average molecular weight is 614 g/mol. The molecule has 0 aromatic heterocycles. The lowest BCUT2D eigenvalue weighted by molar-refractivity contribution is -0.146. The van der Waals surface area contributed by atoms with E-state index in [0.717, 1.165) is 5.56 Å². The van der Waals surface area contributed by atoms with Gasteiger partial charge in [-0.1, -0.05) is 44.9 Å². The maximum absolute atomic E-state index is 14.0. The maximum Gasteiger partial charge on any atom is 0.313 e. The summed E-state index contributed by atoms with van der Waals surface area (Å²) in [6, 6.07) is 3.79. The Morgan fingerprint density at radius 2 is 1.51 bits per heavy atom. The fourth-order valence-electron chi connectivity index (χ4n) is 3.63. The number of carbonyl (C=O) groups is 4. The van der Waals surface area contributed by atoms with Gasteiger partial charge in [-0.3, -0.25) is 19.2 Å². The molecule has 3 amide bonds. The largest absolute Gasteiger partial charge is 0.485 e. The summed E-state index contributed by atoms with van der Waals surface area (Å²) in [4.78, 5) is 50.2. The van der Waals surface area contributed by atoms with Crippen LogP contribution in [0, 0.1) is 36.1 Å². The van der Waals surface area contributed by atoms with Gasteiger partial charge in [-0.05, 0) is 31.4 Å². The first-order chi connectivity index (χ1) is 20.2. The van der Waals surface area contributed by atoms with Gasteiger partial charge in [0.2, 0.25) is 17.5 Å². The summed E-state index contributed by atoms with van der Waals surface area (Å²) in [7, 11) is 0. The van der Waals surface area contributed by atoms with E-state index in [4.69, 9.17) is 9.47 Å². The van der Waals surface area contributed by atoms with E-state index in [2.05, 4.69) is 16.0 Å². The molecule has 2 aromatic carbocycles. The number of ether oxygens (including phenoxy) is 2. The van der Waals surface area contributed by atoms with Crippen LogP contribution in [0.1, 0.15) is 45.6 Å². The molecule has 43 heavy (non-hydrogen) atoms. The summed E-state index contributed by atoms with van der Waals surface area (Å²) in [5, 5.41) is 17.8. The van der Waals surface area contributed by atoms with E-state index in [1.807, 2.05) is 13.8 Å². The molecule has 0 aliphatic carbocycles. The predicted molar refractivity (Wildman–Crippen MR) is 147 cm³/mol. The van der Waals surface area contributed by atoms with Gasteiger partial charge in [0, 0.05) is 18.2 Å². The zero-order valence-electron chi connectivity index (χ0n) is 24.1. The number of benzene rings is 2. The van der Waals surface area contributed by atoms with Crippen LogP contribution in [0.25, 0.3) is 0 Å². The van der Waals surface area contributed by atoms with Gasteiger partial charge in [0.1, 0.15) is 25.4 Å². The normalized spacial score (nSPS) is 13.1. The number of aliphatic hydroxyl groups is 1. The number of hydrogen-bond donors (Lipinski definition) is 4. The second-order valence-electron chi connectivity index (χ2n) is 10.1. The number of aryl methyl sites for hydroxylation is 1. The minimum atomic E-state index is -1.84. The Labute approximate surface area is 246 Å². The SMILES string of the molecule is CCCCC(=O)OCC(NC(=O)[C@@H](NC(=O)C(=O)Nc1ccc(C)cc1)C(C)C)C(O)COc1c(F)c(F)cc(F)c1F. The second-order valence-corrected chi connectivity index (χ2v) is 10.1. The lowest BCUT2D eigenvalue weighted by Crippen LogP contribution is -2.57. The zero-order valence-corrected chi connectivity index (χ0v) is 24.1. The summed E-state index contributed by atoms with van der Waals surface area (Å²) in [6.45, 7) is 5.17. The van der Waals surface area contributed by atoms with E-state index in [0.29, 0.717) is 18.5 Å². The molecule has 0 saturated heterocycles. The molecule has 4 N–H and O–H groups in total. The highest BCUT2D eigenvalue weighted by molar-refractivity contribution is 6.40. The molecule has 0 fully saturated rings. The molecule has 236 valence electrons. The van der Waals surface area contributed by atoms with Gasteiger partial charge in [-0.25, -0.2) is 8.78 Å². The van der Waals surface area contributed by atoms with Gasteiger partial charge in [0.15, 0.2) is 17.4 Å². The minimum absolute atomic E-state index is 0.0197. The number of esters is 1. The molecule has 0 heterocycles. The maximum atomic E-state index is 14.0. The average Bonchev–Trinajstić information content (AvgIpc) is 2.96. The Hall–Kier alpha value is -4.20. The number of rotatable bonds is 14. The van der Waals surface area contributed by atoms with Crippen LogP contribution in [0.5, 0.6) is 5.75 Å². The molecule has 3 atom stereocenters. The van der Waals surface area contributed by atoms with Crippen LogP contribution >= 0.6 is 0 Å². The van der Waals surface area contributed by atoms with Crippen LogP contribution in [0.3, 0.4) is 0 Å². The lowest BCUT2D eigenvalue weighted by atomic mass is 10.0. The van der Waals surface area contributed by atoms with Crippen molar-refractivity contribution >= 4 is 29.4 Å². The van der Waals surface area contributed by atoms with E-state index >= 15 is 0 Å². The molecule has 0 saturated carbocycles. The molecule has 0 aliphatic rings. The first-order valence-electron chi connectivity index (χ1n) is 13.5. The summed E-state index contributed by atoms with van der Waals surface area (Å²) >= 11 is 0. The van der Waals surface area contributed by atoms with Crippen molar-refractivity contribution in [3.8, 4) is 5.75 Å². The lowest BCUT2D eigenvalue weighted by Gasteiger charge is -2.28. The molecule has 14 heteroatoms. The van der Waals surface area contributed by atoms with Crippen LogP contribution in [0.4, 0.5) is 23.2 Å². The van der Waals surface area contributed by atoms with Crippen LogP contribution in [0.15, 0.2) is 30.3 Å². The van der Waals surface area contributed by atoms with Gasteiger partial charge in [-0.2, -0.15) is 8.78 Å². The summed E-state index contributed by atoms with van der Waals surface area (Å²) < 4.78 is 65.0. The Morgan fingerprint density at radius 3 is 2.07 bits per heavy atom. The fourth-order valence-corrected chi connectivity index (χ4v) is 3.63. The van der Waals surface area contributed by atoms with E-state index in [1.54, 1.807) is 38.1 Å². The van der Waals surface area contributed by atoms with E-state index < -0.39 is 90.0 Å². The zero-order chi connectivity index (χ0) is 32.3. The molecule has 0 bridgehead atoms. The molecule has 0 radical (unpaired) electrons. The van der Waals surface area contributed by atoms with Gasteiger partial charge in [-0.15, -0.1) is 0 Å². The van der Waals surface area contributed by atoms with Crippen molar-refractivity contribution in [2.75, 3.05) is 18.5 Å². The van der Waals surface area contributed by atoms with Crippen molar-refractivity contribution in [1.29, 1.82) is 0 Å². The number of hydrogen-bond acceptors (Lipinski definition) is 7. The third kappa shape index (κ3) is 10.5. The molecular formula is C29H35F4N3O7. The fraction of sp³-hybridized carbons (Fsp3) is 0.448. The number of nitrogens with one attached hydrogen (secondary N) is 3. The standard InChI is InChI=1S/C29H35F4N3O7/c1-5-6-7-22(38)42-13-20(21(37)14-43-26-23(32)18(30)12-19(31)24(26)33)35-27(39)25(15(2)3)36-29(41)28(40)34-17-10-8-16(4)9-11-17/h8-12,15,20-21,25,37H,5-7,13-14H2,1-4H3,(H,34,40)(H,35,39)(H,36,41)/t20?,21?,25-/m0/s1. The number of halogens is 4. The second kappa shape index (κ2) is 16.4. The number of amides is 3. The van der Waals surface area contributed by atoms with Gasteiger partial charge in [0.25, 0.3) is 0 Å². The molecule has 10 nitrogen and oxygen atoms in total. The Morgan fingerprint density at radius 1 is 0.907 bits per heavy atom. The Bertz CT molecular complexity index is 1270. The van der Waals surface area contributed by atoms with E-state index in [-0.39, 0.29) is 12.5 Å².